The van der Waals surface area contributed by atoms with Crippen molar-refractivity contribution in [1.82, 2.24) is 19.5 Å². The molecule has 0 unspecified atom stereocenters. The molecule has 1 aliphatic heterocycles. The van der Waals surface area contributed by atoms with Gasteiger partial charge in [0.1, 0.15) is 19.0 Å². The van der Waals surface area contributed by atoms with E-state index in [0.29, 0.717) is 28.7 Å². The lowest BCUT2D eigenvalue weighted by atomic mass is 10.2. The van der Waals surface area contributed by atoms with Gasteiger partial charge in [-0.3, -0.25) is 14.2 Å². The summed E-state index contributed by atoms with van der Waals surface area (Å²) in [7, 11) is 0. The zero-order valence-electron chi connectivity index (χ0n) is 19.8. The van der Waals surface area contributed by atoms with Gasteiger partial charge in [0.15, 0.2) is 23.2 Å². The zero-order valence-corrected chi connectivity index (χ0v) is 19.8. The molecule has 0 aliphatic carbocycles. The Kier molecular flexibility index (Phi) is 6.86. The summed E-state index contributed by atoms with van der Waals surface area (Å²) < 4.78 is 18.7. The van der Waals surface area contributed by atoms with Gasteiger partial charge in [0, 0.05) is 18.9 Å². The van der Waals surface area contributed by atoms with Crippen molar-refractivity contribution in [3.05, 3.63) is 84.4 Å². The molecular formula is C26H23N5O6. The van der Waals surface area contributed by atoms with Crippen LogP contribution in [0.4, 0.5) is 5.82 Å². The molecule has 1 amide bonds. The SMILES string of the molecule is CC(=O)O[C@@H]1C[C@@H](COC(=O)c2ccccc2)O[C@H]1n1cnc2c(NC(=O)c3ccccc3)ncnc21. The Bertz CT molecular complexity index is 1430. The van der Waals surface area contributed by atoms with Crippen molar-refractivity contribution in [2.75, 3.05) is 11.9 Å². The summed E-state index contributed by atoms with van der Waals surface area (Å²) in [4.78, 5) is 49.6. The highest BCUT2D eigenvalue weighted by Crippen LogP contribution is 2.34. The molecule has 11 nitrogen and oxygen atoms in total. The highest BCUT2D eigenvalue weighted by molar-refractivity contribution is 6.06. The van der Waals surface area contributed by atoms with Gasteiger partial charge in [-0.25, -0.2) is 19.7 Å². The molecule has 0 radical (unpaired) electrons. The molecule has 1 N–H and O–H groups in total. The number of nitrogens with one attached hydrogen (secondary N) is 1. The molecule has 3 heterocycles. The van der Waals surface area contributed by atoms with E-state index in [1.54, 1.807) is 53.1 Å². The van der Waals surface area contributed by atoms with Crippen molar-refractivity contribution in [2.24, 2.45) is 0 Å². The van der Waals surface area contributed by atoms with Crippen LogP contribution in [0.2, 0.25) is 0 Å². The van der Waals surface area contributed by atoms with E-state index in [9.17, 15) is 14.4 Å². The molecule has 1 saturated heterocycles. The number of carbonyl (C=O) groups excluding carboxylic acids is 3. The third-order valence-electron chi connectivity index (χ3n) is 5.77. The Morgan fingerprint density at radius 3 is 2.41 bits per heavy atom. The number of esters is 2. The van der Waals surface area contributed by atoms with Crippen LogP contribution in [0.5, 0.6) is 0 Å². The van der Waals surface area contributed by atoms with Crippen molar-refractivity contribution in [3.8, 4) is 0 Å². The minimum atomic E-state index is -0.776. The van der Waals surface area contributed by atoms with E-state index >= 15 is 0 Å². The van der Waals surface area contributed by atoms with Gasteiger partial charge < -0.3 is 19.5 Å². The van der Waals surface area contributed by atoms with E-state index in [1.807, 2.05) is 12.1 Å². The molecule has 2 aromatic heterocycles. The van der Waals surface area contributed by atoms with Gasteiger partial charge in [0.05, 0.1) is 18.0 Å². The number of hydrogen-bond donors (Lipinski definition) is 1. The van der Waals surface area contributed by atoms with E-state index < -0.39 is 30.4 Å². The zero-order chi connectivity index (χ0) is 25.8. The van der Waals surface area contributed by atoms with E-state index in [1.165, 1.54) is 19.6 Å². The molecule has 1 fully saturated rings. The van der Waals surface area contributed by atoms with Crippen LogP contribution in [0.3, 0.4) is 0 Å². The molecule has 4 aromatic rings. The molecule has 3 atom stereocenters. The van der Waals surface area contributed by atoms with Crippen LogP contribution in [-0.4, -0.2) is 56.2 Å². The van der Waals surface area contributed by atoms with Gasteiger partial charge in [-0.1, -0.05) is 36.4 Å². The van der Waals surface area contributed by atoms with Gasteiger partial charge >= 0.3 is 11.9 Å². The Balaban J connectivity index is 1.35. The van der Waals surface area contributed by atoms with E-state index in [4.69, 9.17) is 14.2 Å². The maximum Gasteiger partial charge on any atom is 0.338 e. The molecule has 1 aliphatic rings. The van der Waals surface area contributed by atoms with Gasteiger partial charge in [-0.05, 0) is 24.3 Å². The Morgan fingerprint density at radius 2 is 1.70 bits per heavy atom. The Morgan fingerprint density at radius 1 is 1.00 bits per heavy atom. The van der Waals surface area contributed by atoms with Crippen LogP contribution in [-0.2, 0) is 19.0 Å². The maximum absolute atomic E-state index is 12.6. The molecule has 5 rings (SSSR count). The second kappa shape index (κ2) is 10.5. The lowest BCUT2D eigenvalue weighted by Gasteiger charge is -2.20. The molecule has 0 spiro atoms. The molecule has 37 heavy (non-hydrogen) atoms. The number of hydrogen-bond acceptors (Lipinski definition) is 9. The van der Waals surface area contributed by atoms with E-state index in [-0.39, 0.29) is 18.3 Å². The smallest absolute Gasteiger partial charge is 0.338 e. The number of aromatic nitrogens is 4. The van der Waals surface area contributed by atoms with Crippen LogP contribution >= 0.6 is 0 Å². The van der Waals surface area contributed by atoms with Gasteiger partial charge in [-0.15, -0.1) is 0 Å². The summed E-state index contributed by atoms with van der Waals surface area (Å²) in [6.45, 7) is 1.28. The number of nitrogens with zero attached hydrogens (tertiary/aromatic N) is 4. The minimum Gasteiger partial charge on any atom is -0.459 e. The molecule has 11 heteroatoms. The third kappa shape index (κ3) is 5.31. The third-order valence-corrected chi connectivity index (χ3v) is 5.77. The van der Waals surface area contributed by atoms with Crippen molar-refractivity contribution in [1.29, 1.82) is 0 Å². The number of fused-ring (bicyclic) bond motifs is 1. The quantitative estimate of drug-likeness (QED) is 0.379. The largest absolute Gasteiger partial charge is 0.459 e. The first-order valence-electron chi connectivity index (χ1n) is 11.6. The average molecular weight is 501 g/mol. The fraction of sp³-hybridized carbons (Fsp3) is 0.231. The van der Waals surface area contributed by atoms with Gasteiger partial charge in [0.25, 0.3) is 5.91 Å². The van der Waals surface area contributed by atoms with E-state index in [0.717, 1.165) is 0 Å². The first-order chi connectivity index (χ1) is 18.0. The second-order valence-corrected chi connectivity index (χ2v) is 8.36. The van der Waals surface area contributed by atoms with Crippen molar-refractivity contribution < 1.29 is 28.6 Å². The van der Waals surface area contributed by atoms with Gasteiger partial charge in [0.2, 0.25) is 0 Å². The predicted molar refractivity (Wildman–Crippen MR) is 131 cm³/mol. The lowest BCUT2D eigenvalue weighted by Crippen LogP contribution is -2.24. The van der Waals surface area contributed by atoms with Crippen LogP contribution in [0.25, 0.3) is 11.2 Å². The fourth-order valence-electron chi connectivity index (χ4n) is 4.11. The highest BCUT2D eigenvalue weighted by Gasteiger charge is 2.40. The van der Waals surface area contributed by atoms with Crippen LogP contribution in [0.1, 0.15) is 40.3 Å². The number of carbonyl (C=O) groups is 3. The number of anilines is 1. The Labute approximate surface area is 211 Å². The summed E-state index contributed by atoms with van der Waals surface area (Å²) >= 11 is 0. The number of imidazole rings is 1. The summed E-state index contributed by atoms with van der Waals surface area (Å²) in [6.07, 6.45) is 1.11. The summed E-state index contributed by atoms with van der Waals surface area (Å²) in [5.74, 6) is -1.06. The topological polar surface area (TPSA) is 135 Å². The van der Waals surface area contributed by atoms with Crippen LogP contribution in [0, 0.1) is 0 Å². The monoisotopic (exact) mass is 501 g/mol. The molecular weight excluding hydrogens is 478 g/mol. The number of ether oxygens (including phenoxy) is 3. The number of amides is 1. The normalized spacial score (nSPS) is 18.9. The average Bonchev–Trinajstić information content (AvgIpc) is 3.52. The Hall–Kier alpha value is -4.64. The fourth-order valence-corrected chi connectivity index (χ4v) is 4.11. The number of benzene rings is 2. The van der Waals surface area contributed by atoms with Gasteiger partial charge in [-0.2, -0.15) is 0 Å². The first-order valence-corrected chi connectivity index (χ1v) is 11.6. The van der Waals surface area contributed by atoms with Crippen molar-refractivity contribution in [2.45, 2.75) is 31.8 Å². The molecule has 0 bridgehead atoms. The predicted octanol–water partition coefficient (Wildman–Crippen LogP) is 3.15. The minimum absolute atomic E-state index is 0.0258. The van der Waals surface area contributed by atoms with E-state index in [2.05, 4.69) is 20.3 Å². The first kappa shape index (κ1) is 24.1. The molecule has 2 aromatic carbocycles. The molecule has 188 valence electrons. The van der Waals surface area contributed by atoms with Crippen LogP contribution in [0.15, 0.2) is 73.3 Å². The van der Waals surface area contributed by atoms with Crippen LogP contribution < -0.4 is 5.32 Å². The maximum atomic E-state index is 12.6. The highest BCUT2D eigenvalue weighted by atomic mass is 16.6. The molecule has 0 saturated carbocycles. The van der Waals surface area contributed by atoms with Crippen molar-refractivity contribution >= 4 is 34.8 Å². The number of rotatable bonds is 7. The standard InChI is InChI=1S/C26H23N5O6/c1-16(32)36-20-12-19(13-35-26(34)18-10-6-3-7-11-18)37-25(20)31-15-29-21-22(27-14-28-23(21)31)30-24(33)17-8-4-2-5-9-17/h2-11,14-15,19-20,25H,12-13H2,1H3,(H,27,28,30,33)/t19-,20+,25+/m0/s1. The summed E-state index contributed by atoms with van der Waals surface area (Å²) in [5.41, 5.74) is 1.62. The lowest BCUT2D eigenvalue weighted by molar-refractivity contribution is -0.152. The second-order valence-electron chi connectivity index (χ2n) is 8.36. The summed E-state index contributed by atoms with van der Waals surface area (Å²) in [6, 6.07) is 17.3. The van der Waals surface area contributed by atoms with Crippen molar-refractivity contribution in [3.63, 3.8) is 0 Å². The summed E-state index contributed by atoms with van der Waals surface area (Å²) in [5, 5.41) is 2.76.